The van der Waals surface area contributed by atoms with Crippen molar-refractivity contribution in [2.24, 2.45) is 0 Å². The Balaban J connectivity index is 3.35. The highest BCUT2D eigenvalue weighted by molar-refractivity contribution is 6.76. The standard InChI is InChI=1S/C16H29NO3Si/c1-6-17(7-2)15-13-11-12-14-16(15)21(18-8-3,19-9-4)20-10-5/h11-14H,6-10H2,1-5H3. The molecule has 0 fully saturated rings. The van der Waals surface area contributed by atoms with Crippen molar-refractivity contribution in [1.29, 1.82) is 0 Å². The monoisotopic (exact) mass is 311 g/mol. The molecule has 120 valence electrons. The van der Waals surface area contributed by atoms with Crippen molar-refractivity contribution in [2.45, 2.75) is 34.6 Å². The Morgan fingerprint density at radius 2 is 1.29 bits per heavy atom. The van der Waals surface area contributed by atoms with E-state index in [0.29, 0.717) is 19.8 Å². The molecule has 1 aromatic carbocycles. The molecule has 0 amide bonds. The molecular weight excluding hydrogens is 282 g/mol. The molecule has 0 heterocycles. The highest BCUT2D eigenvalue weighted by Gasteiger charge is 2.45. The number of hydrogen-bond acceptors (Lipinski definition) is 4. The van der Waals surface area contributed by atoms with Gasteiger partial charge in [0, 0.05) is 43.8 Å². The van der Waals surface area contributed by atoms with E-state index in [0.717, 1.165) is 24.0 Å². The van der Waals surface area contributed by atoms with Crippen LogP contribution in [0.1, 0.15) is 34.6 Å². The molecule has 21 heavy (non-hydrogen) atoms. The Hall–Kier alpha value is -0.883. The zero-order valence-corrected chi connectivity index (χ0v) is 15.0. The second kappa shape index (κ2) is 9.20. The quantitative estimate of drug-likeness (QED) is 0.622. The van der Waals surface area contributed by atoms with Crippen LogP contribution in [0.2, 0.25) is 0 Å². The van der Waals surface area contributed by atoms with Gasteiger partial charge in [0.1, 0.15) is 0 Å². The summed E-state index contributed by atoms with van der Waals surface area (Å²) < 4.78 is 18.1. The van der Waals surface area contributed by atoms with Crippen LogP contribution >= 0.6 is 0 Å². The fourth-order valence-corrected chi connectivity index (χ4v) is 5.21. The molecule has 0 spiro atoms. The molecule has 0 N–H and O–H groups in total. The van der Waals surface area contributed by atoms with Crippen LogP contribution in [0.3, 0.4) is 0 Å². The van der Waals surface area contributed by atoms with E-state index in [1.807, 2.05) is 26.8 Å². The Bertz CT molecular complexity index is 393. The molecule has 0 aliphatic carbocycles. The van der Waals surface area contributed by atoms with Gasteiger partial charge in [0.25, 0.3) is 0 Å². The van der Waals surface area contributed by atoms with Crippen LogP contribution in [0.15, 0.2) is 24.3 Å². The smallest absolute Gasteiger partial charge is 0.372 e. The molecule has 0 atom stereocenters. The summed E-state index contributed by atoms with van der Waals surface area (Å²) in [7, 11) is -2.85. The third kappa shape index (κ3) is 4.29. The molecule has 0 aromatic heterocycles. The van der Waals surface area contributed by atoms with Gasteiger partial charge in [-0.1, -0.05) is 18.2 Å². The highest BCUT2D eigenvalue weighted by atomic mass is 28.4. The largest absolute Gasteiger partial charge is 0.539 e. The first-order chi connectivity index (χ1) is 10.2. The van der Waals surface area contributed by atoms with E-state index < -0.39 is 8.80 Å². The van der Waals surface area contributed by atoms with Crippen molar-refractivity contribution >= 4 is 19.7 Å². The normalized spacial score (nSPS) is 11.7. The third-order valence-electron chi connectivity index (χ3n) is 3.34. The Labute approximate surface area is 130 Å². The van der Waals surface area contributed by atoms with Gasteiger partial charge in [-0.05, 0) is 40.7 Å². The van der Waals surface area contributed by atoms with Gasteiger partial charge >= 0.3 is 8.80 Å². The summed E-state index contributed by atoms with van der Waals surface area (Å²) in [5.74, 6) is 0. The number of anilines is 1. The molecule has 1 aromatic rings. The fourth-order valence-electron chi connectivity index (χ4n) is 2.50. The van der Waals surface area contributed by atoms with Gasteiger partial charge in [-0.2, -0.15) is 0 Å². The summed E-state index contributed by atoms with van der Waals surface area (Å²) in [5, 5.41) is 1.07. The van der Waals surface area contributed by atoms with Gasteiger partial charge < -0.3 is 18.2 Å². The lowest BCUT2D eigenvalue weighted by molar-refractivity contribution is 0.0860. The van der Waals surface area contributed by atoms with Crippen LogP contribution in [0.25, 0.3) is 0 Å². The van der Waals surface area contributed by atoms with Gasteiger partial charge in [0.15, 0.2) is 0 Å². The number of benzene rings is 1. The Morgan fingerprint density at radius 3 is 1.71 bits per heavy atom. The van der Waals surface area contributed by atoms with Crippen molar-refractivity contribution in [3.63, 3.8) is 0 Å². The summed E-state index contributed by atoms with van der Waals surface area (Å²) in [6, 6.07) is 8.29. The predicted molar refractivity (Wildman–Crippen MR) is 90.3 cm³/mol. The first kappa shape index (κ1) is 18.2. The SMILES string of the molecule is CCO[Si](OCC)(OCC)c1ccccc1N(CC)CC. The second-order valence-electron chi connectivity index (χ2n) is 4.54. The summed E-state index contributed by atoms with van der Waals surface area (Å²) in [4.78, 5) is 2.31. The van der Waals surface area contributed by atoms with E-state index in [1.165, 1.54) is 0 Å². The van der Waals surface area contributed by atoms with E-state index in [1.54, 1.807) is 0 Å². The van der Waals surface area contributed by atoms with Crippen LogP contribution in [-0.4, -0.2) is 41.7 Å². The minimum Gasteiger partial charge on any atom is -0.372 e. The molecule has 0 aliphatic heterocycles. The van der Waals surface area contributed by atoms with Crippen LogP contribution in [-0.2, 0) is 13.3 Å². The zero-order chi connectivity index (χ0) is 15.7. The lowest BCUT2D eigenvalue weighted by Crippen LogP contribution is -2.58. The summed E-state index contributed by atoms with van der Waals surface area (Å²) in [5.41, 5.74) is 1.16. The van der Waals surface area contributed by atoms with Crippen molar-refractivity contribution < 1.29 is 13.3 Å². The summed E-state index contributed by atoms with van der Waals surface area (Å²) in [6.45, 7) is 13.9. The van der Waals surface area contributed by atoms with Crippen molar-refractivity contribution in [1.82, 2.24) is 0 Å². The molecule has 5 heteroatoms. The van der Waals surface area contributed by atoms with E-state index in [9.17, 15) is 0 Å². The van der Waals surface area contributed by atoms with Gasteiger partial charge in [0.2, 0.25) is 0 Å². The van der Waals surface area contributed by atoms with Crippen molar-refractivity contribution in [3.05, 3.63) is 24.3 Å². The average Bonchev–Trinajstić information content (AvgIpc) is 2.50. The number of hydrogen-bond donors (Lipinski definition) is 0. The van der Waals surface area contributed by atoms with Crippen LogP contribution in [0, 0.1) is 0 Å². The maximum Gasteiger partial charge on any atom is 0.539 e. The first-order valence-electron chi connectivity index (χ1n) is 7.95. The molecule has 1 rings (SSSR count). The second-order valence-corrected chi connectivity index (χ2v) is 7.06. The number of nitrogens with zero attached hydrogens (tertiary/aromatic N) is 1. The van der Waals surface area contributed by atoms with Crippen molar-refractivity contribution in [2.75, 3.05) is 37.8 Å². The molecular formula is C16H29NO3Si. The first-order valence-corrected chi connectivity index (χ1v) is 9.67. The maximum absolute atomic E-state index is 6.04. The van der Waals surface area contributed by atoms with Crippen LogP contribution in [0.5, 0.6) is 0 Å². The highest BCUT2D eigenvalue weighted by Crippen LogP contribution is 2.19. The lowest BCUT2D eigenvalue weighted by Gasteiger charge is -2.33. The van der Waals surface area contributed by atoms with E-state index in [4.69, 9.17) is 13.3 Å². The van der Waals surface area contributed by atoms with Crippen molar-refractivity contribution in [3.8, 4) is 0 Å². The minimum absolute atomic E-state index is 0.582. The molecule has 0 radical (unpaired) electrons. The molecule has 0 bridgehead atoms. The molecule has 0 aliphatic rings. The zero-order valence-electron chi connectivity index (χ0n) is 14.0. The average molecular weight is 311 g/mol. The van der Waals surface area contributed by atoms with E-state index in [2.05, 4.69) is 36.9 Å². The van der Waals surface area contributed by atoms with Gasteiger partial charge in [0.05, 0.1) is 0 Å². The summed E-state index contributed by atoms with van der Waals surface area (Å²) in [6.07, 6.45) is 0. The number of rotatable bonds is 10. The Kier molecular flexibility index (Phi) is 7.96. The molecule has 0 saturated heterocycles. The molecule has 0 unspecified atom stereocenters. The summed E-state index contributed by atoms with van der Waals surface area (Å²) >= 11 is 0. The third-order valence-corrected chi connectivity index (χ3v) is 6.43. The van der Waals surface area contributed by atoms with Crippen LogP contribution < -0.4 is 10.1 Å². The molecule has 0 saturated carbocycles. The lowest BCUT2D eigenvalue weighted by atomic mass is 10.3. The van der Waals surface area contributed by atoms with Gasteiger partial charge in [-0.15, -0.1) is 0 Å². The van der Waals surface area contributed by atoms with Gasteiger partial charge in [-0.3, -0.25) is 0 Å². The van der Waals surface area contributed by atoms with Crippen LogP contribution in [0.4, 0.5) is 5.69 Å². The fraction of sp³-hybridized carbons (Fsp3) is 0.625. The van der Waals surface area contributed by atoms with Gasteiger partial charge in [-0.25, -0.2) is 0 Å². The van der Waals surface area contributed by atoms with E-state index >= 15 is 0 Å². The minimum atomic E-state index is -2.85. The van der Waals surface area contributed by atoms with E-state index in [-0.39, 0.29) is 0 Å². The topological polar surface area (TPSA) is 30.9 Å². The maximum atomic E-state index is 6.04. The Morgan fingerprint density at radius 1 is 0.810 bits per heavy atom. The number of para-hydroxylation sites is 1. The molecule has 4 nitrogen and oxygen atoms in total. The predicted octanol–water partition coefficient (Wildman–Crippen LogP) is 2.79.